The number of hydrogen-bond acceptors (Lipinski definition) is 1. The Kier molecular flexibility index (Phi) is 4.02. The summed E-state index contributed by atoms with van der Waals surface area (Å²) in [6, 6.07) is 0. The second-order valence-corrected chi connectivity index (χ2v) is 2.36. The standard InChI is InChI=1S/C8H15N/c1-5-7(2)8(3)6-9-4/h6-7H,4-5H2,1-3H3. The highest BCUT2D eigenvalue weighted by Gasteiger charge is 1.98. The van der Waals surface area contributed by atoms with Gasteiger partial charge in [-0.2, -0.15) is 0 Å². The molecule has 0 aliphatic carbocycles. The molecule has 0 fully saturated rings. The van der Waals surface area contributed by atoms with E-state index in [1.165, 1.54) is 12.0 Å². The minimum Gasteiger partial charge on any atom is -0.273 e. The van der Waals surface area contributed by atoms with E-state index in [0.717, 1.165) is 0 Å². The van der Waals surface area contributed by atoms with Gasteiger partial charge in [0.2, 0.25) is 0 Å². The molecule has 0 spiro atoms. The summed E-state index contributed by atoms with van der Waals surface area (Å²) in [6.07, 6.45) is 3.01. The Balaban J connectivity index is 3.84. The maximum Gasteiger partial charge on any atom is 0.0252 e. The van der Waals surface area contributed by atoms with E-state index >= 15 is 0 Å². The van der Waals surface area contributed by atoms with Crippen LogP contribution in [0.1, 0.15) is 27.2 Å². The predicted octanol–water partition coefficient (Wildman–Crippen LogP) is 2.64. The zero-order valence-electron chi connectivity index (χ0n) is 6.52. The smallest absolute Gasteiger partial charge is 0.0252 e. The summed E-state index contributed by atoms with van der Waals surface area (Å²) in [4.78, 5) is 3.69. The van der Waals surface area contributed by atoms with Crippen molar-refractivity contribution < 1.29 is 0 Å². The third-order valence-corrected chi connectivity index (χ3v) is 1.68. The van der Waals surface area contributed by atoms with Crippen molar-refractivity contribution in [2.75, 3.05) is 0 Å². The van der Waals surface area contributed by atoms with E-state index in [9.17, 15) is 0 Å². The van der Waals surface area contributed by atoms with Crippen molar-refractivity contribution in [3.8, 4) is 0 Å². The molecule has 0 rings (SSSR count). The molecule has 52 valence electrons. The van der Waals surface area contributed by atoms with Gasteiger partial charge in [-0.3, -0.25) is 4.99 Å². The molecule has 0 saturated heterocycles. The van der Waals surface area contributed by atoms with Gasteiger partial charge < -0.3 is 0 Å². The Morgan fingerprint density at radius 2 is 2.33 bits per heavy atom. The first-order valence-electron chi connectivity index (χ1n) is 3.34. The summed E-state index contributed by atoms with van der Waals surface area (Å²) < 4.78 is 0. The first-order valence-corrected chi connectivity index (χ1v) is 3.34. The van der Waals surface area contributed by atoms with Gasteiger partial charge >= 0.3 is 0 Å². The number of aliphatic imine (C=N–C) groups is 1. The molecule has 1 heteroatoms. The van der Waals surface area contributed by atoms with E-state index in [2.05, 4.69) is 32.5 Å². The highest BCUT2D eigenvalue weighted by Crippen LogP contribution is 2.12. The molecule has 0 aromatic heterocycles. The third kappa shape index (κ3) is 3.07. The molecular weight excluding hydrogens is 110 g/mol. The molecule has 1 unspecified atom stereocenters. The lowest BCUT2D eigenvalue weighted by Crippen LogP contribution is -1.92. The van der Waals surface area contributed by atoms with Crippen LogP contribution in [0.4, 0.5) is 0 Å². The molecule has 0 aromatic rings. The van der Waals surface area contributed by atoms with Gasteiger partial charge in [0.15, 0.2) is 0 Å². The van der Waals surface area contributed by atoms with Gasteiger partial charge in [0.25, 0.3) is 0 Å². The normalized spacial score (nSPS) is 15.2. The molecule has 9 heavy (non-hydrogen) atoms. The minimum atomic E-state index is 0.649. The lowest BCUT2D eigenvalue weighted by atomic mass is 10.0. The Morgan fingerprint density at radius 1 is 1.78 bits per heavy atom. The quantitative estimate of drug-likeness (QED) is 0.514. The molecule has 0 aromatic carbocycles. The summed E-state index contributed by atoms with van der Waals surface area (Å²) in [7, 11) is 0. The zero-order chi connectivity index (χ0) is 7.28. The first kappa shape index (κ1) is 8.41. The molecule has 0 aliphatic heterocycles. The largest absolute Gasteiger partial charge is 0.273 e. The lowest BCUT2D eigenvalue weighted by molar-refractivity contribution is 0.654. The summed E-state index contributed by atoms with van der Waals surface area (Å²) in [5.41, 5.74) is 1.31. The number of allylic oxidation sites excluding steroid dienone is 1. The number of hydrogen-bond donors (Lipinski definition) is 0. The van der Waals surface area contributed by atoms with Gasteiger partial charge in [0.05, 0.1) is 0 Å². The predicted molar refractivity (Wildman–Crippen MR) is 42.8 cm³/mol. The van der Waals surface area contributed by atoms with Crippen LogP contribution in [-0.4, -0.2) is 6.72 Å². The van der Waals surface area contributed by atoms with Crippen LogP contribution >= 0.6 is 0 Å². The molecule has 0 radical (unpaired) electrons. The Morgan fingerprint density at radius 3 is 2.67 bits per heavy atom. The monoisotopic (exact) mass is 125 g/mol. The summed E-state index contributed by atoms with van der Waals surface area (Å²) >= 11 is 0. The topological polar surface area (TPSA) is 12.4 Å². The van der Waals surface area contributed by atoms with Crippen molar-refractivity contribution in [1.82, 2.24) is 0 Å². The Bertz CT molecular complexity index is 114. The SMILES string of the molecule is C=NC=C(C)C(C)CC. The average molecular weight is 125 g/mol. The van der Waals surface area contributed by atoms with E-state index in [1.807, 2.05) is 6.20 Å². The summed E-state index contributed by atoms with van der Waals surface area (Å²) in [5, 5.41) is 0. The molecule has 0 heterocycles. The van der Waals surface area contributed by atoms with Crippen molar-refractivity contribution in [2.45, 2.75) is 27.2 Å². The van der Waals surface area contributed by atoms with E-state index < -0.39 is 0 Å². The Labute approximate surface area is 57.5 Å². The molecular formula is C8H15N. The first-order chi connectivity index (χ1) is 4.22. The van der Waals surface area contributed by atoms with Crippen LogP contribution in [0.25, 0.3) is 0 Å². The second kappa shape index (κ2) is 4.30. The summed E-state index contributed by atoms with van der Waals surface area (Å²) in [5.74, 6) is 0.649. The summed E-state index contributed by atoms with van der Waals surface area (Å²) in [6.45, 7) is 9.84. The fraction of sp³-hybridized carbons (Fsp3) is 0.625. The lowest BCUT2D eigenvalue weighted by Gasteiger charge is -2.05. The van der Waals surface area contributed by atoms with Gasteiger partial charge in [-0.25, -0.2) is 0 Å². The molecule has 0 bridgehead atoms. The van der Waals surface area contributed by atoms with Gasteiger partial charge in [-0.15, -0.1) is 0 Å². The molecule has 1 atom stereocenters. The van der Waals surface area contributed by atoms with Crippen molar-refractivity contribution in [2.24, 2.45) is 10.9 Å². The van der Waals surface area contributed by atoms with Crippen LogP contribution in [0, 0.1) is 5.92 Å². The molecule has 0 N–H and O–H groups in total. The van der Waals surface area contributed by atoms with Crippen LogP contribution in [0.15, 0.2) is 16.8 Å². The van der Waals surface area contributed by atoms with Crippen LogP contribution < -0.4 is 0 Å². The van der Waals surface area contributed by atoms with Gasteiger partial charge in [0, 0.05) is 6.20 Å². The van der Waals surface area contributed by atoms with Crippen LogP contribution in [0.5, 0.6) is 0 Å². The van der Waals surface area contributed by atoms with E-state index in [0.29, 0.717) is 5.92 Å². The van der Waals surface area contributed by atoms with E-state index in [-0.39, 0.29) is 0 Å². The molecule has 1 nitrogen and oxygen atoms in total. The third-order valence-electron chi connectivity index (χ3n) is 1.68. The zero-order valence-corrected chi connectivity index (χ0v) is 6.52. The van der Waals surface area contributed by atoms with E-state index in [1.54, 1.807) is 0 Å². The fourth-order valence-electron chi connectivity index (χ4n) is 0.593. The van der Waals surface area contributed by atoms with Crippen LogP contribution in [-0.2, 0) is 0 Å². The number of nitrogens with zero attached hydrogens (tertiary/aromatic N) is 1. The van der Waals surface area contributed by atoms with Crippen molar-refractivity contribution >= 4 is 6.72 Å². The highest BCUT2D eigenvalue weighted by atomic mass is 14.6. The molecule has 0 amide bonds. The fourth-order valence-corrected chi connectivity index (χ4v) is 0.593. The molecule has 0 aliphatic rings. The highest BCUT2D eigenvalue weighted by molar-refractivity contribution is 5.26. The maximum atomic E-state index is 3.69. The number of rotatable bonds is 3. The van der Waals surface area contributed by atoms with Crippen LogP contribution in [0.2, 0.25) is 0 Å². The van der Waals surface area contributed by atoms with Gasteiger partial charge in [0.1, 0.15) is 0 Å². The maximum absolute atomic E-state index is 3.69. The van der Waals surface area contributed by atoms with Crippen molar-refractivity contribution in [3.05, 3.63) is 11.8 Å². The Hall–Kier alpha value is -0.590. The van der Waals surface area contributed by atoms with E-state index in [4.69, 9.17) is 0 Å². The van der Waals surface area contributed by atoms with Gasteiger partial charge in [-0.1, -0.05) is 19.4 Å². The van der Waals surface area contributed by atoms with Gasteiger partial charge in [-0.05, 0) is 26.0 Å². The second-order valence-electron chi connectivity index (χ2n) is 2.36. The molecule has 0 saturated carbocycles. The van der Waals surface area contributed by atoms with Crippen molar-refractivity contribution in [3.63, 3.8) is 0 Å². The minimum absolute atomic E-state index is 0.649. The average Bonchev–Trinajstić information content (AvgIpc) is 1.87. The van der Waals surface area contributed by atoms with Crippen molar-refractivity contribution in [1.29, 1.82) is 0 Å². The van der Waals surface area contributed by atoms with Crippen LogP contribution in [0.3, 0.4) is 0 Å².